The molecule has 1 unspecified atom stereocenters. The number of hydrogen-bond donors (Lipinski definition) is 1. The molecule has 2 atom stereocenters. The molecule has 1 aromatic heterocycles. The molecule has 3 rings (SSSR count). The maximum atomic E-state index is 13.4. The molecule has 0 saturated carbocycles. The third kappa shape index (κ3) is 3.51. The first-order valence-corrected chi connectivity index (χ1v) is 8.45. The summed E-state index contributed by atoms with van der Waals surface area (Å²) in [6.07, 6.45) is 6.25. The fourth-order valence-corrected chi connectivity index (χ4v) is 3.14. The van der Waals surface area contributed by atoms with E-state index < -0.39 is 0 Å². The molecule has 0 radical (unpaired) electrons. The third-order valence-corrected chi connectivity index (χ3v) is 4.69. The second kappa shape index (κ2) is 7.51. The average Bonchev–Trinajstić information content (AvgIpc) is 3.12. The number of aromatic nitrogens is 2. The Labute approximate surface area is 151 Å². The Bertz CT molecular complexity index is 857. The molecule has 0 saturated heterocycles. The molecule has 0 fully saturated rings. The molecule has 6 nitrogen and oxygen atoms in total. The van der Waals surface area contributed by atoms with E-state index in [1.54, 1.807) is 12.1 Å². The lowest BCUT2D eigenvalue weighted by atomic mass is 9.90. The summed E-state index contributed by atoms with van der Waals surface area (Å²) in [5.74, 6) is 0.855. The summed E-state index contributed by atoms with van der Waals surface area (Å²) in [7, 11) is 1.92. The van der Waals surface area contributed by atoms with Crippen LogP contribution in [0.25, 0.3) is 17.2 Å². The summed E-state index contributed by atoms with van der Waals surface area (Å²) in [5.41, 5.74) is 7.14. The Hall–Kier alpha value is -2.96. The van der Waals surface area contributed by atoms with Crippen molar-refractivity contribution in [1.82, 2.24) is 15.1 Å². The quantitative estimate of drug-likeness (QED) is 0.656. The number of allylic oxidation sites excluding steroid dienone is 1. The fourth-order valence-electron chi connectivity index (χ4n) is 3.14. The molecule has 1 aromatic carbocycles. The van der Waals surface area contributed by atoms with Crippen LogP contribution in [0.2, 0.25) is 0 Å². The van der Waals surface area contributed by atoms with Crippen molar-refractivity contribution in [1.29, 1.82) is 0 Å². The van der Waals surface area contributed by atoms with Gasteiger partial charge in [0.25, 0.3) is 5.89 Å². The van der Waals surface area contributed by atoms with Crippen LogP contribution in [0.4, 0.5) is 4.39 Å². The maximum Gasteiger partial charge on any atom is 0.270 e. The van der Waals surface area contributed by atoms with Gasteiger partial charge in [0, 0.05) is 18.7 Å². The average molecular weight is 355 g/mol. The lowest BCUT2D eigenvalue weighted by Crippen LogP contribution is -2.40. The second-order valence-corrected chi connectivity index (χ2v) is 6.41. The molecule has 2 N–H and O–H groups in total. The first-order chi connectivity index (χ1) is 12.5. The van der Waals surface area contributed by atoms with Gasteiger partial charge in [-0.15, -0.1) is 10.2 Å². The molecule has 1 heterocycles. The van der Waals surface area contributed by atoms with Crippen LogP contribution in [0.3, 0.4) is 0 Å². The molecule has 1 aliphatic carbocycles. The van der Waals surface area contributed by atoms with Crippen molar-refractivity contribution in [3.05, 3.63) is 53.9 Å². The highest BCUT2D eigenvalue weighted by atomic mass is 19.1. The summed E-state index contributed by atoms with van der Waals surface area (Å²) in [5, 5.41) is 7.98. The minimum atomic E-state index is -0.376. The molecule has 0 bridgehead atoms. The van der Waals surface area contributed by atoms with Crippen LogP contribution < -0.4 is 5.73 Å². The van der Waals surface area contributed by atoms with Crippen LogP contribution in [0.1, 0.15) is 25.7 Å². The van der Waals surface area contributed by atoms with Gasteiger partial charge < -0.3 is 15.1 Å². The second-order valence-electron chi connectivity index (χ2n) is 6.41. The molecular formula is C19H22FN5O. The number of hydrogen-bond acceptors (Lipinski definition) is 6. The normalized spacial score (nSPS) is 20.6. The SMILES string of the molecule is C=N/C(=C(/N)N(C)[C@@H]1CC=CCC1C)c1nnc(-c2cccc(F)c2)o1. The van der Waals surface area contributed by atoms with Crippen LogP contribution in [0, 0.1) is 11.7 Å². The molecule has 1 aliphatic rings. The van der Waals surface area contributed by atoms with Gasteiger partial charge in [0.2, 0.25) is 5.89 Å². The van der Waals surface area contributed by atoms with Crippen LogP contribution in [0.15, 0.2) is 51.6 Å². The Morgan fingerprint density at radius 3 is 2.81 bits per heavy atom. The predicted octanol–water partition coefficient (Wildman–Crippen LogP) is 3.45. The van der Waals surface area contributed by atoms with Gasteiger partial charge in [-0.1, -0.05) is 25.1 Å². The van der Waals surface area contributed by atoms with Crippen molar-refractivity contribution in [2.45, 2.75) is 25.8 Å². The third-order valence-electron chi connectivity index (χ3n) is 4.69. The highest BCUT2D eigenvalue weighted by Crippen LogP contribution is 2.28. The number of nitrogens with zero attached hydrogens (tertiary/aromatic N) is 4. The standard InChI is InChI=1S/C19H22FN5O/c1-12-7-4-5-10-15(12)25(3)17(21)16(22-2)19-24-23-18(26-19)13-8-6-9-14(20)11-13/h4-6,8-9,11-12,15H,2,7,10,21H2,1,3H3/b17-16-/t12?,15-/m1/s1. The van der Waals surface area contributed by atoms with Crippen LogP contribution >= 0.6 is 0 Å². The monoisotopic (exact) mass is 355 g/mol. The zero-order valence-electron chi connectivity index (χ0n) is 14.9. The molecule has 0 aliphatic heterocycles. The minimum absolute atomic E-state index is 0.155. The van der Waals surface area contributed by atoms with E-state index in [0.717, 1.165) is 12.8 Å². The van der Waals surface area contributed by atoms with Crippen LogP contribution in [0.5, 0.6) is 0 Å². The van der Waals surface area contributed by atoms with Gasteiger partial charge in [0.05, 0.1) is 0 Å². The number of aliphatic imine (C=N–C) groups is 1. The van der Waals surface area contributed by atoms with E-state index in [-0.39, 0.29) is 23.6 Å². The van der Waals surface area contributed by atoms with Gasteiger partial charge >= 0.3 is 0 Å². The van der Waals surface area contributed by atoms with E-state index in [4.69, 9.17) is 10.2 Å². The molecule has 26 heavy (non-hydrogen) atoms. The van der Waals surface area contributed by atoms with Gasteiger partial charge in [-0.05, 0) is 43.7 Å². The van der Waals surface area contributed by atoms with Gasteiger partial charge in [0.1, 0.15) is 11.6 Å². The van der Waals surface area contributed by atoms with Crippen LogP contribution in [-0.2, 0) is 0 Å². The van der Waals surface area contributed by atoms with E-state index in [1.165, 1.54) is 12.1 Å². The Kier molecular flexibility index (Phi) is 5.16. The molecule has 7 heteroatoms. The summed E-state index contributed by atoms with van der Waals surface area (Å²) in [6.45, 7) is 5.77. The van der Waals surface area contributed by atoms with Crippen molar-refractivity contribution in [3.63, 3.8) is 0 Å². The molecular weight excluding hydrogens is 333 g/mol. The smallest absolute Gasteiger partial charge is 0.270 e. The molecule has 2 aromatic rings. The number of halogens is 1. The zero-order valence-corrected chi connectivity index (χ0v) is 14.9. The number of nitrogens with two attached hydrogens (primary N) is 1. The van der Waals surface area contributed by atoms with E-state index >= 15 is 0 Å². The minimum Gasteiger partial charge on any atom is -0.414 e. The highest BCUT2D eigenvalue weighted by Gasteiger charge is 2.26. The summed E-state index contributed by atoms with van der Waals surface area (Å²) < 4.78 is 19.1. The molecule has 0 amide bonds. The topological polar surface area (TPSA) is 80.5 Å². The van der Waals surface area contributed by atoms with Gasteiger partial charge in [-0.25, -0.2) is 4.39 Å². The first kappa shape index (κ1) is 17.8. The highest BCUT2D eigenvalue weighted by molar-refractivity contribution is 5.65. The first-order valence-electron chi connectivity index (χ1n) is 8.45. The number of benzene rings is 1. The van der Waals surface area contributed by atoms with Gasteiger partial charge in [-0.2, -0.15) is 0 Å². The van der Waals surface area contributed by atoms with E-state index in [1.807, 2.05) is 11.9 Å². The van der Waals surface area contributed by atoms with Crippen molar-refractivity contribution in [2.24, 2.45) is 16.6 Å². The van der Waals surface area contributed by atoms with Crippen molar-refractivity contribution < 1.29 is 8.81 Å². The predicted molar refractivity (Wildman–Crippen MR) is 99.4 cm³/mol. The van der Waals surface area contributed by atoms with E-state index in [0.29, 0.717) is 23.0 Å². The van der Waals surface area contributed by atoms with Crippen molar-refractivity contribution >= 4 is 12.4 Å². The lowest BCUT2D eigenvalue weighted by molar-refractivity contribution is 0.221. The van der Waals surface area contributed by atoms with E-state index in [2.05, 4.69) is 41.0 Å². The summed E-state index contributed by atoms with van der Waals surface area (Å²) >= 11 is 0. The Balaban J connectivity index is 1.91. The fraction of sp³-hybridized carbons (Fsp3) is 0.316. The van der Waals surface area contributed by atoms with Crippen molar-refractivity contribution in [2.75, 3.05) is 7.05 Å². The largest absolute Gasteiger partial charge is 0.414 e. The van der Waals surface area contributed by atoms with Gasteiger partial charge in [0.15, 0.2) is 5.70 Å². The zero-order chi connectivity index (χ0) is 18.7. The van der Waals surface area contributed by atoms with Gasteiger partial charge in [-0.3, -0.25) is 4.99 Å². The van der Waals surface area contributed by atoms with Crippen molar-refractivity contribution in [3.8, 4) is 11.5 Å². The maximum absolute atomic E-state index is 13.4. The summed E-state index contributed by atoms with van der Waals surface area (Å²) in [6, 6.07) is 6.20. The Morgan fingerprint density at radius 1 is 1.35 bits per heavy atom. The Morgan fingerprint density at radius 2 is 2.12 bits per heavy atom. The van der Waals surface area contributed by atoms with E-state index in [9.17, 15) is 4.39 Å². The van der Waals surface area contributed by atoms with Crippen LogP contribution in [-0.4, -0.2) is 34.9 Å². The molecule has 0 spiro atoms. The number of rotatable bonds is 5. The lowest BCUT2D eigenvalue weighted by Gasteiger charge is -2.35. The summed E-state index contributed by atoms with van der Waals surface area (Å²) in [4.78, 5) is 5.97. The molecule has 136 valence electrons.